The van der Waals surface area contributed by atoms with Crippen molar-refractivity contribution in [3.63, 3.8) is 0 Å². The zero-order valence-corrected chi connectivity index (χ0v) is 15.2. The molecule has 7 heteroatoms. The fourth-order valence-electron chi connectivity index (χ4n) is 3.19. The second kappa shape index (κ2) is 8.75. The smallest absolute Gasteiger partial charge is 0.317 e. The van der Waals surface area contributed by atoms with Crippen LogP contribution in [0.3, 0.4) is 0 Å². The van der Waals surface area contributed by atoms with Crippen LogP contribution in [0.5, 0.6) is 0 Å². The molecule has 1 atom stereocenters. The van der Waals surface area contributed by atoms with E-state index in [2.05, 4.69) is 4.98 Å². The standard InChI is InChI=1S/C20H23N3O4/c1-22(14-19(24)25)12-18-13-23(7-8-27-18)20(26)17-9-16(10-21-11-17)15-5-3-2-4-6-15/h2-6,9-11,18H,7-8,12-14H2,1H3,(H,24,25). The van der Waals surface area contributed by atoms with Crippen molar-refractivity contribution in [2.75, 3.05) is 39.8 Å². The van der Waals surface area contributed by atoms with E-state index >= 15 is 0 Å². The van der Waals surface area contributed by atoms with Gasteiger partial charge in [-0.2, -0.15) is 0 Å². The van der Waals surface area contributed by atoms with Gasteiger partial charge in [-0.05, 0) is 18.7 Å². The van der Waals surface area contributed by atoms with Crippen LogP contribution in [-0.2, 0) is 9.53 Å². The minimum atomic E-state index is -0.884. The number of carbonyl (C=O) groups is 2. The summed E-state index contributed by atoms with van der Waals surface area (Å²) in [6.45, 7) is 1.77. The van der Waals surface area contributed by atoms with Gasteiger partial charge in [0.15, 0.2) is 0 Å². The van der Waals surface area contributed by atoms with Gasteiger partial charge in [-0.25, -0.2) is 0 Å². The van der Waals surface area contributed by atoms with Crippen molar-refractivity contribution in [2.24, 2.45) is 0 Å². The van der Waals surface area contributed by atoms with Crippen LogP contribution in [0, 0.1) is 0 Å². The van der Waals surface area contributed by atoms with Crippen LogP contribution in [0.2, 0.25) is 0 Å². The fourth-order valence-corrected chi connectivity index (χ4v) is 3.19. The fraction of sp³-hybridized carbons (Fsp3) is 0.350. The number of likely N-dealkylation sites (N-methyl/N-ethyl adjacent to an activating group) is 1. The molecule has 0 aliphatic carbocycles. The molecule has 0 saturated carbocycles. The van der Waals surface area contributed by atoms with E-state index in [4.69, 9.17) is 9.84 Å². The SMILES string of the molecule is CN(CC(=O)O)CC1CN(C(=O)c2cncc(-c3ccccc3)c2)CCO1. The van der Waals surface area contributed by atoms with E-state index in [-0.39, 0.29) is 18.6 Å². The number of carboxylic acids is 1. The summed E-state index contributed by atoms with van der Waals surface area (Å²) in [5.41, 5.74) is 2.44. The van der Waals surface area contributed by atoms with Gasteiger partial charge in [-0.15, -0.1) is 0 Å². The third-order valence-electron chi connectivity index (χ3n) is 4.44. The third-order valence-corrected chi connectivity index (χ3v) is 4.44. The lowest BCUT2D eigenvalue weighted by molar-refractivity contribution is -0.138. The maximum Gasteiger partial charge on any atom is 0.317 e. The zero-order valence-electron chi connectivity index (χ0n) is 15.2. The summed E-state index contributed by atoms with van der Waals surface area (Å²) in [4.78, 5) is 31.4. The van der Waals surface area contributed by atoms with Gasteiger partial charge in [-0.3, -0.25) is 19.5 Å². The van der Waals surface area contributed by atoms with Crippen molar-refractivity contribution in [2.45, 2.75) is 6.10 Å². The van der Waals surface area contributed by atoms with Crippen molar-refractivity contribution in [1.82, 2.24) is 14.8 Å². The molecule has 0 bridgehead atoms. The highest BCUT2D eigenvalue weighted by atomic mass is 16.5. The highest BCUT2D eigenvalue weighted by molar-refractivity contribution is 5.95. The summed E-state index contributed by atoms with van der Waals surface area (Å²) in [6.07, 6.45) is 3.11. The Balaban J connectivity index is 1.67. The lowest BCUT2D eigenvalue weighted by Gasteiger charge is -2.34. The Morgan fingerprint density at radius 2 is 2.04 bits per heavy atom. The van der Waals surface area contributed by atoms with Crippen LogP contribution < -0.4 is 0 Å². The largest absolute Gasteiger partial charge is 0.480 e. The molecule has 1 aliphatic heterocycles. The number of benzene rings is 1. The van der Waals surface area contributed by atoms with E-state index in [1.54, 1.807) is 29.2 Å². The Labute approximate surface area is 158 Å². The average molecular weight is 369 g/mol. The summed E-state index contributed by atoms with van der Waals surface area (Å²) >= 11 is 0. The molecule has 1 amide bonds. The number of rotatable bonds is 6. The molecular weight excluding hydrogens is 346 g/mol. The monoisotopic (exact) mass is 369 g/mol. The molecule has 2 heterocycles. The predicted molar refractivity (Wildman–Crippen MR) is 100 cm³/mol. The number of carboxylic acid groups (broad SMARTS) is 1. The number of aromatic nitrogens is 1. The van der Waals surface area contributed by atoms with E-state index in [1.165, 1.54) is 0 Å². The number of hydrogen-bond donors (Lipinski definition) is 1. The number of pyridine rings is 1. The topological polar surface area (TPSA) is 83.0 Å². The highest BCUT2D eigenvalue weighted by Crippen LogP contribution is 2.20. The lowest BCUT2D eigenvalue weighted by Crippen LogP contribution is -2.49. The summed E-state index contributed by atoms with van der Waals surface area (Å²) in [6, 6.07) is 11.7. The average Bonchev–Trinajstić information content (AvgIpc) is 2.68. The highest BCUT2D eigenvalue weighted by Gasteiger charge is 2.26. The molecule has 142 valence electrons. The molecule has 27 heavy (non-hydrogen) atoms. The van der Waals surface area contributed by atoms with E-state index < -0.39 is 5.97 Å². The minimum Gasteiger partial charge on any atom is -0.480 e. The van der Waals surface area contributed by atoms with Crippen molar-refractivity contribution in [3.05, 3.63) is 54.4 Å². The van der Waals surface area contributed by atoms with Crippen LogP contribution in [-0.4, -0.2) is 77.7 Å². The molecule has 1 saturated heterocycles. The van der Waals surface area contributed by atoms with Crippen molar-refractivity contribution in [1.29, 1.82) is 0 Å². The van der Waals surface area contributed by atoms with E-state index in [0.717, 1.165) is 11.1 Å². The van der Waals surface area contributed by atoms with Crippen molar-refractivity contribution < 1.29 is 19.4 Å². The van der Waals surface area contributed by atoms with Gasteiger partial charge in [0.05, 0.1) is 24.8 Å². The Kier molecular flexibility index (Phi) is 6.16. The van der Waals surface area contributed by atoms with Crippen LogP contribution in [0.15, 0.2) is 48.8 Å². The van der Waals surface area contributed by atoms with Gasteiger partial charge >= 0.3 is 5.97 Å². The Morgan fingerprint density at radius 1 is 1.26 bits per heavy atom. The minimum absolute atomic E-state index is 0.0587. The summed E-state index contributed by atoms with van der Waals surface area (Å²) < 4.78 is 5.70. The molecule has 7 nitrogen and oxygen atoms in total. The molecule has 1 aromatic heterocycles. The Bertz CT molecular complexity index is 797. The third kappa shape index (κ3) is 5.12. The molecule has 1 aromatic carbocycles. The molecule has 0 radical (unpaired) electrons. The predicted octanol–water partition coefficient (Wildman–Crippen LogP) is 1.61. The van der Waals surface area contributed by atoms with Gasteiger partial charge in [0.25, 0.3) is 5.91 Å². The molecule has 0 spiro atoms. The first kappa shape index (κ1) is 19.0. The van der Waals surface area contributed by atoms with Gasteiger partial charge in [0, 0.05) is 37.6 Å². The van der Waals surface area contributed by atoms with Gasteiger partial charge in [0.2, 0.25) is 0 Å². The van der Waals surface area contributed by atoms with E-state index in [1.807, 2.05) is 36.4 Å². The molecular formula is C20H23N3O4. The maximum atomic E-state index is 12.9. The maximum absolute atomic E-state index is 12.9. The zero-order chi connectivity index (χ0) is 19.2. The second-order valence-corrected chi connectivity index (χ2v) is 6.66. The number of amides is 1. The molecule has 1 unspecified atom stereocenters. The van der Waals surface area contributed by atoms with E-state index in [9.17, 15) is 9.59 Å². The molecule has 1 fully saturated rings. The Morgan fingerprint density at radius 3 is 2.78 bits per heavy atom. The number of nitrogens with zero attached hydrogens (tertiary/aromatic N) is 3. The lowest BCUT2D eigenvalue weighted by atomic mass is 10.1. The normalized spacial score (nSPS) is 17.1. The number of aliphatic carboxylic acids is 1. The first-order valence-electron chi connectivity index (χ1n) is 8.84. The van der Waals surface area contributed by atoms with Crippen LogP contribution in [0.1, 0.15) is 10.4 Å². The summed E-state index contributed by atoms with van der Waals surface area (Å²) in [5.74, 6) is -0.973. The first-order valence-corrected chi connectivity index (χ1v) is 8.84. The first-order chi connectivity index (χ1) is 13.0. The number of hydrogen-bond acceptors (Lipinski definition) is 5. The number of ether oxygens (including phenoxy) is 1. The van der Waals surface area contributed by atoms with Crippen molar-refractivity contribution >= 4 is 11.9 Å². The molecule has 3 rings (SSSR count). The molecule has 1 N–H and O–H groups in total. The molecule has 2 aromatic rings. The quantitative estimate of drug-likeness (QED) is 0.833. The summed E-state index contributed by atoms with van der Waals surface area (Å²) in [5, 5.41) is 8.87. The van der Waals surface area contributed by atoms with Gasteiger partial charge in [-0.1, -0.05) is 30.3 Å². The van der Waals surface area contributed by atoms with Crippen LogP contribution in [0.25, 0.3) is 11.1 Å². The van der Waals surface area contributed by atoms with E-state index in [0.29, 0.717) is 31.8 Å². The van der Waals surface area contributed by atoms with Crippen LogP contribution >= 0.6 is 0 Å². The van der Waals surface area contributed by atoms with Gasteiger partial charge < -0.3 is 14.7 Å². The van der Waals surface area contributed by atoms with Crippen molar-refractivity contribution in [3.8, 4) is 11.1 Å². The number of morpholine rings is 1. The number of carbonyl (C=O) groups excluding carboxylic acids is 1. The summed E-state index contributed by atoms with van der Waals surface area (Å²) in [7, 11) is 1.73. The van der Waals surface area contributed by atoms with Crippen LogP contribution in [0.4, 0.5) is 0 Å². The van der Waals surface area contributed by atoms with Gasteiger partial charge in [0.1, 0.15) is 0 Å². The Hall–Kier alpha value is -2.77. The molecule has 1 aliphatic rings. The second-order valence-electron chi connectivity index (χ2n) is 6.66.